The van der Waals surface area contributed by atoms with Crippen LogP contribution in [0.5, 0.6) is 0 Å². The highest BCUT2D eigenvalue weighted by atomic mass is 32.2. The molecule has 1 N–H and O–H groups in total. The van der Waals surface area contributed by atoms with E-state index in [-0.39, 0.29) is 4.90 Å². The Kier molecular flexibility index (Phi) is 3.34. The minimum atomic E-state index is -3.57. The summed E-state index contributed by atoms with van der Waals surface area (Å²) in [4.78, 5) is 4.23. The Hall–Kier alpha value is -1.88. The van der Waals surface area contributed by atoms with Gasteiger partial charge in [0.25, 0.3) is 10.0 Å². The van der Waals surface area contributed by atoms with E-state index in [0.29, 0.717) is 11.3 Å². The third-order valence-corrected chi connectivity index (χ3v) is 4.03. The van der Waals surface area contributed by atoms with Crippen LogP contribution < -0.4 is 4.72 Å². The Labute approximate surface area is 107 Å². The highest BCUT2D eigenvalue weighted by Gasteiger charge is 2.17. The second-order valence-electron chi connectivity index (χ2n) is 4.06. The molecule has 4 nitrogen and oxygen atoms in total. The standard InChI is InChI=1S/C13H14N2O2S/c1-10-8-11(2)14-9-13(10)18(16,17)15-12-6-4-3-5-7-12/h3-9,15H,1-2H3. The van der Waals surface area contributed by atoms with Crippen LogP contribution in [0.3, 0.4) is 0 Å². The predicted molar refractivity (Wildman–Crippen MR) is 71.0 cm³/mol. The van der Waals surface area contributed by atoms with E-state index < -0.39 is 10.0 Å². The summed E-state index contributed by atoms with van der Waals surface area (Å²) in [5.74, 6) is 0. The zero-order chi connectivity index (χ0) is 13.2. The Balaban J connectivity index is 2.37. The van der Waals surface area contributed by atoms with Gasteiger partial charge in [0.05, 0.1) is 0 Å². The van der Waals surface area contributed by atoms with Gasteiger partial charge in [-0.3, -0.25) is 9.71 Å². The molecule has 5 heteroatoms. The van der Waals surface area contributed by atoms with Gasteiger partial charge in [-0.05, 0) is 37.6 Å². The number of hydrogen-bond acceptors (Lipinski definition) is 3. The van der Waals surface area contributed by atoms with Crippen molar-refractivity contribution in [2.45, 2.75) is 18.7 Å². The molecule has 0 amide bonds. The van der Waals surface area contributed by atoms with Crippen molar-refractivity contribution in [3.63, 3.8) is 0 Å². The molecule has 0 unspecified atom stereocenters. The van der Waals surface area contributed by atoms with E-state index in [2.05, 4.69) is 9.71 Å². The molecular weight excluding hydrogens is 248 g/mol. The van der Waals surface area contributed by atoms with Crippen molar-refractivity contribution in [1.29, 1.82) is 0 Å². The monoisotopic (exact) mass is 262 g/mol. The average Bonchev–Trinajstić information content (AvgIpc) is 2.29. The first-order valence-corrected chi connectivity index (χ1v) is 6.98. The van der Waals surface area contributed by atoms with Crippen molar-refractivity contribution < 1.29 is 8.42 Å². The number of nitrogens with zero attached hydrogens (tertiary/aromatic N) is 1. The molecule has 0 spiro atoms. The molecule has 0 atom stereocenters. The lowest BCUT2D eigenvalue weighted by atomic mass is 10.2. The lowest BCUT2D eigenvalue weighted by Gasteiger charge is -2.10. The molecule has 1 aromatic carbocycles. The highest BCUT2D eigenvalue weighted by Crippen LogP contribution is 2.18. The van der Waals surface area contributed by atoms with Gasteiger partial charge in [0, 0.05) is 17.6 Å². The molecule has 0 saturated carbocycles. The third kappa shape index (κ3) is 2.68. The number of anilines is 1. The second-order valence-corrected chi connectivity index (χ2v) is 5.71. The molecule has 0 bridgehead atoms. The Morgan fingerprint density at radius 3 is 2.39 bits per heavy atom. The van der Waals surface area contributed by atoms with Crippen molar-refractivity contribution in [1.82, 2.24) is 4.98 Å². The number of para-hydroxylation sites is 1. The van der Waals surface area contributed by atoms with Crippen LogP contribution in [0.25, 0.3) is 0 Å². The van der Waals surface area contributed by atoms with Gasteiger partial charge < -0.3 is 0 Å². The van der Waals surface area contributed by atoms with Crippen molar-refractivity contribution in [2.24, 2.45) is 0 Å². The van der Waals surface area contributed by atoms with Crippen LogP contribution in [0.2, 0.25) is 0 Å². The van der Waals surface area contributed by atoms with Gasteiger partial charge in [0.2, 0.25) is 0 Å². The molecule has 0 aliphatic carbocycles. The predicted octanol–water partition coefficient (Wildman–Crippen LogP) is 2.50. The van der Waals surface area contributed by atoms with Gasteiger partial charge in [-0.2, -0.15) is 0 Å². The summed E-state index contributed by atoms with van der Waals surface area (Å²) in [6, 6.07) is 10.5. The van der Waals surface area contributed by atoms with Crippen molar-refractivity contribution in [3.05, 3.63) is 53.9 Å². The zero-order valence-electron chi connectivity index (χ0n) is 10.2. The van der Waals surface area contributed by atoms with Crippen LogP contribution >= 0.6 is 0 Å². The first-order valence-electron chi connectivity index (χ1n) is 5.50. The van der Waals surface area contributed by atoms with Gasteiger partial charge >= 0.3 is 0 Å². The molecule has 2 rings (SSSR count). The van der Waals surface area contributed by atoms with E-state index in [1.807, 2.05) is 13.0 Å². The molecule has 2 aromatic rings. The first-order chi connectivity index (χ1) is 8.49. The normalized spacial score (nSPS) is 11.2. The maximum Gasteiger partial charge on any atom is 0.263 e. The van der Waals surface area contributed by atoms with E-state index >= 15 is 0 Å². The molecule has 0 radical (unpaired) electrons. The number of sulfonamides is 1. The minimum Gasteiger partial charge on any atom is -0.280 e. The minimum absolute atomic E-state index is 0.206. The fraction of sp³-hybridized carbons (Fsp3) is 0.154. The number of pyridine rings is 1. The van der Waals surface area contributed by atoms with Crippen LogP contribution in [0.4, 0.5) is 5.69 Å². The number of rotatable bonds is 3. The fourth-order valence-electron chi connectivity index (χ4n) is 1.68. The average molecular weight is 262 g/mol. The molecule has 0 aliphatic heterocycles. The van der Waals surface area contributed by atoms with E-state index in [9.17, 15) is 8.42 Å². The third-order valence-electron chi connectivity index (χ3n) is 2.52. The van der Waals surface area contributed by atoms with Crippen molar-refractivity contribution >= 4 is 15.7 Å². The van der Waals surface area contributed by atoms with Gasteiger partial charge in [0.15, 0.2) is 0 Å². The van der Waals surface area contributed by atoms with Crippen LogP contribution in [0, 0.1) is 13.8 Å². The van der Waals surface area contributed by atoms with Crippen LogP contribution in [0.1, 0.15) is 11.3 Å². The largest absolute Gasteiger partial charge is 0.280 e. The fourth-order valence-corrected chi connectivity index (χ4v) is 2.91. The Bertz CT molecular complexity index is 652. The number of aromatic nitrogens is 1. The second kappa shape index (κ2) is 4.78. The summed E-state index contributed by atoms with van der Waals surface area (Å²) in [7, 11) is -3.57. The van der Waals surface area contributed by atoms with E-state index in [1.54, 1.807) is 37.3 Å². The van der Waals surface area contributed by atoms with Crippen LogP contribution in [-0.4, -0.2) is 13.4 Å². The summed E-state index contributed by atoms with van der Waals surface area (Å²) in [6.45, 7) is 3.59. The molecule has 94 valence electrons. The number of benzene rings is 1. The molecule has 0 fully saturated rings. The molecule has 1 heterocycles. The molecular formula is C13H14N2O2S. The lowest BCUT2D eigenvalue weighted by molar-refractivity contribution is 0.600. The van der Waals surface area contributed by atoms with Gasteiger partial charge in [-0.25, -0.2) is 8.42 Å². The first kappa shape index (κ1) is 12.6. The summed E-state index contributed by atoms with van der Waals surface area (Å²) < 4.78 is 26.9. The molecule has 0 saturated heterocycles. The summed E-state index contributed by atoms with van der Waals surface area (Å²) in [6.07, 6.45) is 1.38. The summed E-state index contributed by atoms with van der Waals surface area (Å²) in [5, 5.41) is 0. The maximum atomic E-state index is 12.2. The number of nitrogens with one attached hydrogen (secondary N) is 1. The molecule has 1 aromatic heterocycles. The topological polar surface area (TPSA) is 59.1 Å². The van der Waals surface area contributed by atoms with E-state index in [0.717, 1.165) is 5.69 Å². The Morgan fingerprint density at radius 2 is 1.78 bits per heavy atom. The SMILES string of the molecule is Cc1cc(C)c(S(=O)(=O)Nc2ccccc2)cn1. The maximum absolute atomic E-state index is 12.2. The number of aryl methyl sites for hydroxylation is 2. The zero-order valence-corrected chi connectivity index (χ0v) is 11.0. The van der Waals surface area contributed by atoms with Crippen LogP contribution in [0.15, 0.2) is 47.5 Å². The van der Waals surface area contributed by atoms with Crippen molar-refractivity contribution in [2.75, 3.05) is 4.72 Å². The molecule has 18 heavy (non-hydrogen) atoms. The number of hydrogen-bond donors (Lipinski definition) is 1. The Morgan fingerprint density at radius 1 is 1.11 bits per heavy atom. The smallest absolute Gasteiger partial charge is 0.263 e. The summed E-state index contributed by atoms with van der Waals surface area (Å²) >= 11 is 0. The van der Waals surface area contributed by atoms with Crippen LogP contribution in [-0.2, 0) is 10.0 Å². The van der Waals surface area contributed by atoms with E-state index in [4.69, 9.17) is 0 Å². The van der Waals surface area contributed by atoms with Gasteiger partial charge in [-0.1, -0.05) is 18.2 Å². The van der Waals surface area contributed by atoms with Crippen molar-refractivity contribution in [3.8, 4) is 0 Å². The van der Waals surface area contributed by atoms with E-state index in [1.165, 1.54) is 6.20 Å². The highest BCUT2D eigenvalue weighted by molar-refractivity contribution is 7.92. The lowest BCUT2D eigenvalue weighted by Crippen LogP contribution is -2.14. The molecule has 0 aliphatic rings. The van der Waals surface area contributed by atoms with Gasteiger partial charge in [0.1, 0.15) is 4.90 Å². The summed E-state index contributed by atoms with van der Waals surface area (Å²) in [5.41, 5.74) is 2.02. The van der Waals surface area contributed by atoms with Gasteiger partial charge in [-0.15, -0.1) is 0 Å². The quantitative estimate of drug-likeness (QED) is 0.924.